The van der Waals surface area contributed by atoms with Crippen LogP contribution in [0.5, 0.6) is 0 Å². The van der Waals surface area contributed by atoms with Crippen LogP contribution in [0.25, 0.3) is 0 Å². The van der Waals surface area contributed by atoms with Crippen molar-refractivity contribution in [3.05, 3.63) is 34.9 Å². The Balaban J connectivity index is 3.33. The molecule has 0 fully saturated rings. The average molecular weight is 238 g/mol. The molecule has 0 bridgehead atoms. The largest absolute Gasteiger partial charge is 0.481 e. The Morgan fingerprint density at radius 3 is 1.94 bits per heavy atom. The van der Waals surface area contributed by atoms with Crippen LogP contribution >= 0.6 is 0 Å². The van der Waals surface area contributed by atoms with Crippen molar-refractivity contribution in [3.63, 3.8) is 0 Å². The first-order valence-electron chi connectivity index (χ1n) is 4.68. The van der Waals surface area contributed by atoms with Gasteiger partial charge in [0.15, 0.2) is 0 Å². The normalized spacial score (nSPS) is 11.8. The highest BCUT2D eigenvalue weighted by Gasteiger charge is 2.20. The maximum atomic E-state index is 10.9. The van der Waals surface area contributed by atoms with E-state index >= 15 is 0 Å². The van der Waals surface area contributed by atoms with Gasteiger partial charge in [-0.3, -0.25) is 4.79 Å². The number of aliphatic carboxylic acids is 1. The Morgan fingerprint density at radius 2 is 1.53 bits per heavy atom. The Kier molecular flexibility index (Phi) is 3.47. The van der Waals surface area contributed by atoms with Crippen molar-refractivity contribution >= 4 is 17.9 Å². The zero-order valence-electron chi connectivity index (χ0n) is 8.88. The second-order valence-corrected chi connectivity index (χ2v) is 3.48. The van der Waals surface area contributed by atoms with Crippen LogP contribution in [0.4, 0.5) is 0 Å². The second-order valence-electron chi connectivity index (χ2n) is 3.48. The van der Waals surface area contributed by atoms with Gasteiger partial charge in [-0.15, -0.1) is 0 Å². The summed E-state index contributed by atoms with van der Waals surface area (Å²) in [5.41, 5.74) is -0.526. The van der Waals surface area contributed by atoms with E-state index in [0.29, 0.717) is 0 Å². The van der Waals surface area contributed by atoms with Crippen LogP contribution < -0.4 is 0 Å². The zero-order valence-corrected chi connectivity index (χ0v) is 8.88. The molecular formula is C11H10O6. The maximum Gasteiger partial charge on any atom is 0.336 e. The highest BCUT2D eigenvalue weighted by molar-refractivity contribution is 6.02. The van der Waals surface area contributed by atoms with Gasteiger partial charge >= 0.3 is 17.9 Å². The summed E-state index contributed by atoms with van der Waals surface area (Å²) in [6.45, 7) is 1.39. The number of carboxylic acid groups (broad SMARTS) is 3. The number of carbonyl (C=O) groups is 3. The van der Waals surface area contributed by atoms with E-state index < -0.39 is 29.4 Å². The molecule has 1 unspecified atom stereocenters. The Bertz CT molecular complexity index is 491. The molecule has 0 aliphatic heterocycles. The molecule has 0 spiro atoms. The van der Waals surface area contributed by atoms with E-state index in [0.717, 1.165) is 12.1 Å². The lowest BCUT2D eigenvalue weighted by Crippen LogP contribution is -2.12. The van der Waals surface area contributed by atoms with Gasteiger partial charge in [-0.1, -0.05) is 6.07 Å². The molecular weight excluding hydrogens is 228 g/mol. The molecule has 1 atom stereocenters. The minimum atomic E-state index is -1.40. The summed E-state index contributed by atoms with van der Waals surface area (Å²) in [6.07, 6.45) is 0. The van der Waals surface area contributed by atoms with E-state index in [-0.39, 0.29) is 11.1 Å². The predicted molar refractivity (Wildman–Crippen MR) is 56.4 cm³/mol. The summed E-state index contributed by atoms with van der Waals surface area (Å²) in [4.78, 5) is 32.4. The third kappa shape index (κ3) is 2.60. The minimum absolute atomic E-state index is 0.250. The lowest BCUT2D eigenvalue weighted by molar-refractivity contribution is -0.138. The summed E-state index contributed by atoms with van der Waals surface area (Å²) in [6, 6.07) is 3.47. The SMILES string of the molecule is CC(C(=O)O)c1ccc(C(=O)O)c(C(=O)O)c1. The van der Waals surface area contributed by atoms with E-state index in [2.05, 4.69) is 0 Å². The number of hydrogen-bond acceptors (Lipinski definition) is 3. The third-order valence-electron chi connectivity index (χ3n) is 2.37. The lowest BCUT2D eigenvalue weighted by Gasteiger charge is -2.09. The molecule has 17 heavy (non-hydrogen) atoms. The first-order valence-corrected chi connectivity index (χ1v) is 4.68. The van der Waals surface area contributed by atoms with E-state index in [9.17, 15) is 14.4 Å². The van der Waals surface area contributed by atoms with E-state index in [1.54, 1.807) is 0 Å². The lowest BCUT2D eigenvalue weighted by atomic mass is 9.96. The van der Waals surface area contributed by atoms with Crippen molar-refractivity contribution < 1.29 is 29.7 Å². The van der Waals surface area contributed by atoms with Gasteiger partial charge in [0.1, 0.15) is 0 Å². The van der Waals surface area contributed by atoms with Gasteiger partial charge in [0.2, 0.25) is 0 Å². The van der Waals surface area contributed by atoms with Gasteiger partial charge in [-0.05, 0) is 24.6 Å². The summed E-state index contributed by atoms with van der Waals surface area (Å²) in [7, 11) is 0. The van der Waals surface area contributed by atoms with Crippen LogP contribution in [-0.2, 0) is 4.79 Å². The third-order valence-corrected chi connectivity index (χ3v) is 2.37. The summed E-state index contributed by atoms with van der Waals surface area (Å²) < 4.78 is 0. The molecule has 0 radical (unpaired) electrons. The monoisotopic (exact) mass is 238 g/mol. The first kappa shape index (κ1) is 12.7. The van der Waals surface area contributed by atoms with Crippen molar-refractivity contribution in [2.45, 2.75) is 12.8 Å². The van der Waals surface area contributed by atoms with E-state index in [1.165, 1.54) is 13.0 Å². The van der Waals surface area contributed by atoms with Crippen LogP contribution in [0.3, 0.4) is 0 Å². The number of carboxylic acids is 3. The topological polar surface area (TPSA) is 112 Å². The van der Waals surface area contributed by atoms with Gasteiger partial charge in [-0.25, -0.2) is 9.59 Å². The molecule has 0 aliphatic carbocycles. The van der Waals surface area contributed by atoms with Crippen LogP contribution in [0.1, 0.15) is 39.1 Å². The van der Waals surface area contributed by atoms with Crippen LogP contribution in [0.15, 0.2) is 18.2 Å². The van der Waals surface area contributed by atoms with Crippen molar-refractivity contribution in [2.75, 3.05) is 0 Å². The quantitative estimate of drug-likeness (QED) is 0.728. The van der Waals surface area contributed by atoms with E-state index in [1.807, 2.05) is 0 Å². The molecule has 0 saturated carbocycles. The van der Waals surface area contributed by atoms with Crippen molar-refractivity contribution in [1.82, 2.24) is 0 Å². The number of rotatable bonds is 4. The first-order chi connectivity index (χ1) is 7.84. The van der Waals surface area contributed by atoms with Gasteiger partial charge in [0, 0.05) is 0 Å². The number of aromatic carboxylic acids is 2. The molecule has 0 aliphatic rings. The van der Waals surface area contributed by atoms with Gasteiger partial charge in [0.05, 0.1) is 17.0 Å². The summed E-state index contributed by atoms with van der Waals surface area (Å²) >= 11 is 0. The Labute approximate surface area is 96.1 Å². The Morgan fingerprint density at radius 1 is 1.00 bits per heavy atom. The van der Waals surface area contributed by atoms with Crippen LogP contribution in [0, 0.1) is 0 Å². The van der Waals surface area contributed by atoms with Crippen molar-refractivity contribution in [3.8, 4) is 0 Å². The van der Waals surface area contributed by atoms with Crippen molar-refractivity contribution in [1.29, 1.82) is 0 Å². The summed E-state index contributed by atoms with van der Waals surface area (Å²) in [5.74, 6) is -4.76. The molecule has 1 rings (SSSR count). The molecule has 1 aromatic rings. The molecule has 6 nitrogen and oxygen atoms in total. The fraction of sp³-hybridized carbons (Fsp3) is 0.182. The van der Waals surface area contributed by atoms with E-state index in [4.69, 9.17) is 15.3 Å². The van der Waals surface area contributed by atoms with Crippen molar-refractivity contribution in [2.24, 2.45) is 0 Å². The molecule has 0 heterocycles. The predicted octanol–water partition coefficient (Wildman–Crippen LogP) is 1.27. The molecule has 0 aromatic heterocycles. The summed E-state index contributed by atoms with van der Waals surface area (Å²) in [5, 5.41) is 26.4. The zero-order chi connectivity index (χ0) is 13.2. The molecule has 0 amide bonds. The average Bonchev–Trinajstić information content (AvgIpc) is 2.26. The van der Waals surface area contributed by atoms with Gasteiger partial charge in [-0.2, -0.15) is 0 Å². The highest BCUT2D eigenvalue weighted by atomic mass is 16.4. The highest BCUT2D eigenvalue weighted by Crippen LogP contribution is 2.20. The fourth-order valence-electron chi connectivity index (χ4n) is 1.34. The molecule has 3 N–H and O–H groups in total. The number of benzene rings is 1. The fourth-order valence-corrected chi connectivity index (χ4v) is 1.34. The smallest absolute Gasteiger partial charge is 0.336 e. The minimum Gasteiger partial charge on any atom is -0.481 e. The molecule has 0 saturated heterocycles. The maximum absolute atomic E-state index is 10.9. The van der Waals surface area contributed by atoms with Gasteiger partial charge < -0.3 is 15.3 Å². The van der Waals surface area contributed by atoms with Crippen LogP contribution in [-0.4, -0.2) is 33.2 Å². The molecule has 90 valence electrons. The standard InChI is InChI=1S/C11H10O6/c1-5(9(12)13)6-2-3-7(10(14)15)8(4-6)11(16)17/h2-5H,1H3,(H,12,13)(H,14,15)(H,16,17). The van der Waals surface area contributed by atoms with Crippen LogP contribution in [0.2, 0.25) is 0 Å². The van der Waals surface area contributed by atoms with Gasteiger partial charge in [0.25, 0.3) is 0 Å². The molecule has 6 heteroatoms. The second kappa shape index (κ2) is 4.65. The number of hydrogen-bond donors (Lipinski definition) is 3. The Hall–Kier alpha value is -2.37. The molecule has 1 aromatic carbocycles.